The van der Waals surface area contributed by atoms with Gasteiger partial charge in [0.15, 0.2) is 0 Å². The number of carbonyl (C=O) groups excluding carboxylic acids is 1. The molecule has 0 fully saturated rings. The number of carbonyl (C=O) groups is 1. The largest absolute Gasteiger partial charge is 0.545 e. The molecule has 0 aliphatic carbocycles. The fourth-order valence-electron chi connectivity index (χ4n) is 0.979. The number of halogens is 1. The van der Waals surface area contributed by atoms with Gasteiger partial charge in [0, 0.05) is 10.6 Å². The summed E-state index contributed by atoms with van der Waals surface area (Å²) in [4.78, 5) is 10.6. The van der Waals surface area contributed by atoms with E-state index in [2.05, 4.69) is 0 Å². The quantitative estimate of drug-likeness (QED) is 0.820. The third-order valence-electron chi connectivity index (χ3n) is 1.50. The van der Waals surface area contributed by atoms with E-state index in [1.807, 2.05) is 4.72 Å². The Hall–Kier alpha value is -1.27. The fourth-order valence-corrected chi connectivity index (χ4v) is 1.72. The Morgan fingerprint density at radius 1 is 1.47 bits per heavy atom. The lowest BCUT2D eigenvalue weighted by Gasteiger charge is -2.11. The smallest absolute Gasteiger partial charge is 0.229 e. The lowest BCUT2D eigenvalue weighted by Crippen LogP contribution is -2.24. The Kier molecular flexibility index (Phi) is 3.21. The number of sulfonamides is 1. The summed E-state index contributed by atoms with van der Waals surface area (Å²) in [5, 5.41) is 10.9. The molecule has 1 aromatic carbocycles. The van der Waals surface area contributed by atoms with Gasteiger partial charge in [0.05, 0.1) is 17.9 Å². The SMILES string of the molecule is CS(=O)(=O)Nc1cc(Cl)ccc1C(=O)[O-]. The van der Waals surface area contributed by atoms with Crippen molar-refractivity contribution >= 4 is 33.3 Å². The standard InChI is InChI=1S/C8H8ClNO4S/c1-15(13,14)10-7-4-5(9)2-3-6(7)8(11)12/h2-4,10H,1H3,(H,11,12)/p-1. The number of carboxylic acids is 1. The minimum atomic E-state index is -3.55. The van der Waals surface area contributed by atoms with Crippen LogP contribution < -0.4 is 9.83 Å². The molecule has 0 unspecified atom stereocenters. The number of benzene rings is 1. The van der Waals surface area contributed by atoms with Crippen molar-refractivity contribution in [1.82, 2.24) is 0 Å². The van der Waals surface area contributed by atoms with E-state index >= 15 is 0 Å². The maximum absolute atomic E-state index is 10.9. The van der Waals surface area contributed by atoms with Crippen molar-refractivity contribution in [3.05, 3.63) is 28.8 Å². The first kappa shape index (κ1) is 11.8. The summed E-state index contributed by atoms with van der Waals surface area (Å²) < 4.78 is 23.9. The van der Waals surface area contributed by atoms with E-state index in [4.69, 9.17) is 11.6 Å². The fraction of sp³-hybridized carbons (Fsp3) is 0.125. The van der Waals surface area contributed by atoms with E-state index in [-0.39, 0.29) is 16.3 Å². The molecule has 1 rings (SSSR count). The third-order valence-corrected chi connectivity index (χ3v) is 2.32. The van der Waals surface area contributed by atoms with Gasteiger partial charge in [-0.25, -0.2) is 8.42 Å². The summed E-state index contributed by atoms with van der Waals surface area (Å²) >= 11 is 5.60. The van der Waals surface area contributed by atoms with Crippen LogP contribution >= 0.6 is 11.6 Å². The molecular formula is C8H7ClNO4S-. The highest BCUT2D eigenvalue weighted by atomic mass is 35.5. The number of hydrogen-bond acceptors (Lipinski definition) is 4. The minimum Gasteiger partial charge on any atom is -0.545 e. The molecule has 0 amide bonds. The molecule has 0 saturated heterocycles. The number of aromatic carboxylic acids is 1. The highest BCUT2D eigenvalue weighted by Crippen LogP contribution is 2.21. The van der Waals surface area contributed by atoms with Gasteiger partial charge in [-0.2, -0.15) is 0 Å². The zero-order chi connectivity index (χ0) is 11.6. The van der Waals surface area contributed by atoms with Crippen LogP contribution in [0, 0.1) is 0 Å². The van der Waals surface area contributed by atoms with Crippen molar-refractivity contribution in [2.75, 3.05) is 11.0 Å². The molecule has 1 N–H and O–H groups in total. The molecule has 0 bridgehead atoms. The molecule has 7 heteroatoms. The van der Waals surface area contributed by atoms with Gasteiger partial charge >= 0.3 is 0 Å². The van der Waals surface area contributed by atoms with Crippen LogP contribution in [0.15, 0.2) is 18.2 Å². The van der Waals surface area contributed by atoms with Crippen molar-refractivity contribution in [3.63, 3.8) is 0 Å². The predicted octanol–water partition coefficient (Wildman–Crippen LogP) is 0.0750. The molecule has 0 heterocycles. The molecule has 0 atom stereocenters. The number of carboxylic acid groups (broad SMARTS) is 1. The summed E-state index contributed by atoms with van der Waals surface area (Å²) in [6, 6.07) is 3.71. The van der Waals surface area contributed by atoms with Crippen LogP contribution in [0.5, 0.6) is 0 Å². The van der Waals surface area contributed by atoms with Crippen molar-refractivity contribution < 1.29 is 18.3 Å². The van der Waals surface area contributed by atoms with Gasteiger partial charge in [0.1, 0.15) is 0 Å². The Bertz CT molecular complexity index is 497. The first-order valence-electron chi connectivity index (χ1n) is 3.78. The lowest BCUT2D eigenvalue weighted by molar-refractivity contribution is -0.254. The highest BCUT2D eigenvalue weighted by Gasteiger charge is 2.08. The van der Waals surface area contributed by atoms with Gasteiger partial charge in [-0.3, -0.25) is 4.72 Å². The lowest BCUT2D eigenvalue weighted by atomic mass is 10.2. The van der Waals surface area contributed by atoms with Crippen LogP contribution in [0.2, 0.25) is 5.02 Å². The summed E-state index contributed by atoms with van der Waals surface area (Å²) in [5.74, 6) is -1.47. The molecule has 0 aliphatic heterocycles. The normalized spacial score (nSPS) is 11.1. The van der Waals surface area contributed by atoms with Crippen LogP contribution in [0.4, 0.5) is 5.69 Å². The van der Waals surface area contributed by atoms with Gasteiger partial charge in [-0.1, -0.05) is 11.6 Å². The van der Waals surface area contributed by atoms with E-state index in [0.29, 0.717) is 0 Å². The highest BCUT2D eigenvalue weighted by molar-refractivity contribution is 7.92. The van der Waals surface area contributed by atoms with Crippen LogP contribution in [-0.4, -0.2) is 20.6 Å². The Balaban J connectivity index is 3.25. The molecule has 0 radical (unpaired) electrons. The maximum Gasteiger partial charge on any atom is 0.229 e. The topological polar surface area (TPSA) is 86.3 Å². The molecule has 0 aliphatic rings. The number of nitrogens with one attached hydrogen (secondary N) is 1. The minimum absolute atomic E-state index is 0.106. The van der Waals surface area contributed by atoms with Crippen molar-refractivity contribution in [2.24, 2.45) is 0 Å². The second-order valence-electron chi connectivity index (χ2n) is 2.85. The van der Waals surface area contributed by atoms with E-state index in [1.54, 1.807) is 0 Å². The maximum atomic E-state index is 10.9. The van der Waals surface area contributed by atoms with E-state index in [1.165, 1.54) is 18.2 Å². The second kappa shape index (κ2) is 4.08. The van der Waals surface area contributed by atoms with Crippen molar-refractivity contribution in [3.8, 4) is 0 Å². The zero-order valence-corrected chi connectivity index (χ0v) is 9.22. The average molecular weight is 249 g/mol. The van der Waals surface area contributed by atoms with Gasteiger partial charge in [-0.15, -0.1) is 0 Å². The average Bonchev–Trinajstić information content (AvgIpc) is 1.99. The Morgan fingerprint density at radius 3 is 2.53 bits per heavy atom. The predicted molar refractivity (Wildman–Crippen MR) is 54.2 cm³/mol. The molecule has 0 spiro atoms. The number of anilines is 1. The van der Waals surface area contributed by atoms with Gasteiger partial charge in [0.2, 0.25) is 10.0 Å². The Morgan fingerprint density at radius 2 is 2.07 bits per heavy atom. The molecule has 1 aromatic rings. The van der Waals surface area contributed by atoms with Gasteiger partial charge in [0.25, 0.3) is 0 Å². The molecular weight excluding hydrogens is 242 g/mol. The zero-order valence-electron chi connectivity index (χ0n) is 7.65. The van der Waals surface area contributed by atoms with E-state index < -0.39 is 16.0 Å². The van der Waals surface area contributed by atoms with Crippen LogP contribution in [-0.2, 0) is 10.0 Å². The van der Waals surface area contributed by atoms with Gasteiger partial charge < -0.3 is 9.90 Å². The first-order chi connectivity index (χ1) is 6.79. The number of hydrogen-bond donors (Lipinski definition) is 1. The number of rotatable bonds is 3. The van der Waals surface area contributed by atoms with Gasteiger partial charge in [-0.05, 0) is 18.2 Å². The third kappa shape index (κ3) is 3.41. The molecule has 5 nitrogen and oxygen atoms in total. The van der Waals surface area contributed by atoms with Crippen molar-refractivity contribution in [2.45, 2.75) is 0 Å². The Labute approximate surface area is 91.7 Å². The van der Waals surface area contributed by atoms with Crippen LogP contribution in [0.25, 0.3) is 0 Å². The van der Waals surface area contributed by atoms with E-state index in [0.717, 1.165) is 6.26 Å². The molecule has 15 heavy (non-hydrogen) atoms. The second-order valence-corrected chi connectivity index (χ2v) is 5.04. The van der Waals surface area contributed by atoms with Crippen LogP contribution in [0.3, 0.4) is 0 Å². The molecule has 82 valence electrons. The molecule has 0 saturated carbocycles. The molecule has 0 aromatic heterocycles. The van der Waals surface area contributed by atoms with Crippen LogP contribution in [0.1, 0.15) is 10.4 Å². The summed E-state index contributed by atoms with van der Waals surface area (Å²) in [7, 11) is -3.55. The monoisotopic (exact) mass is 248 g/mol. The first-order valence-corrected chi connectivity index (χ1v) is 6.05. The van der Waals surface area contributed by atoms with Crippen molar-refractivity contribution in [1.29, 1.82) is 0 Å². The summed E-state index contributed by atoms with van der Waals surface area (Å²) in [5.41, 5.74) is -0.366. The van der Waals surface area contributed by atoms with E-state index in [9.17, 15) is 18.3 Å². The summed E-state index contributed by atoms with van der Waals surface area (Å²) in [6.45, 7) is 0. The summed E-state index contributed by atoms with van der Waals surface area (Å²) in [6.07, 6.45) is 0.910.